The van der Waals surface area contributed by atoms with Crippen LogP contribution in [0, 0.1) is 0 Å². The first kappa shape index (κ1) is 20.0. The van der Waals surface area contributed by atoms with Crippen molar-refractivity contribution < 1.29 is 22.7 Å². The molecule has 1 amide bonds. The van der Waals surface area contributed by atoms with Crippen LogP contribution in [0.4, 0.5) is 5.69 Å². The molecule has 2 aromatic rings. The zero-order chi connectivity index (χ0) is 20.1. The number of ether oxygens (including phenoxy) is 2. The van der Waals surface area contributed by atoms with Crippen molar-refractivity contribution in [2.24, 2.45) is 0 Å². The lowest BCUT2D eigenvalue weighted by Gasteiger charge is -2.18. The van der Waals surface area contributed by atoms with Crippen LogP contribution >= 0.6 is 0 Å². The molecule has 0 fully saturated rings. The van der Waals surface area contributed by atoms with Crippen LogP contribution in [-0.4, -0.2) is 45.5 Å². The Morgan fingerprint density at radius 1 is 1.00 bits per heavy atom. The molecule has 1 heterocycles. The number of nitrogens with zero attached hydrogens (tertiary/aromatic N) is 1. The summed E-state index contributed by atoms with van der Waals surface area (Å²) in [4.78, 5) is 14.1. The molecule has 0 spiro atoms. The van der Waals surface area contributed by atoms with E-state index in [2.05, 4.69) is 4.72 Å². The molecular weight excluding hydrogens is 380 g/mol. The third-order valence-electron chi connectivity index (χ3n) is 4.46. The third kappa shape index (κ3) is 4.39. The SMILES string of the molecule is CCN(CC)C(=O)c1ccc(NS(=O)(=O)c2ccc3c(c2)OCCCO3)cc1. The van der Waals surface area contributed by atoms with Crippen molar-refractivity contribution in [3.8, 4) is 11.5 Å². The van der Waals surface area contributed by atoms with E-state index in [0.717, 1.165) is 6.42 Å². The average Bonchev–Trinajstić information content (AvgIpc) is 2.94. The van der Waals surface area contributed by atoms with Gasteiger partial charge in [-0.05, 0) is 50.2 Å². The van der Waals surface area contributed by atoms with Gasteiger partial charge in [-0.15, -0.1) is 0 Å². The van der Waals surface area contributed by atoms with E-state index in [4.69, 9.17) is 9.47 Å². The van der Waals surface area contributed by atoms with Crippen LogP contribution in [0.2, 0.25) is 0 Å². The summed E-state index contributed by atoms with van der Waals surface area (Å²) in [5, 5.41) is 0. The number of carbonyl (C=O) groups is 1. The molecule has 0 atom stereocenters. The van der Waals surface area contributed by atoms with E-state index in [1.807, 2.05) is 13.8 Å². The van der Waals surface area contributed by atoms with Gasteiger partial charge in [-0.3, -0.25) is 9.52 Å². The quantitative estimate of drug-likeness (QED) is 0.800. The van der Waals surface area contributed by atoms with Gasteiger partial charge in [-0.2, -0.15) is 0 Å². The van der Waals surface area contributed by atoms with Gasteiger partial charge >= 0.3 is 0 Å². The lowest BCUT2D eigenvalue weighted by atomic mass is 10.2. The number of sulfonamides is 1. The molecule has 0 radical (unpaired) electrons. The molecule has 8 heteroatoms. The Bertz CT molecular complexity index is 938. The number of hydrogen-bond acceptors (Lipinski definition) is 5. The van der Waals surface area contributed by atoms with Crippen molar-refractivity contribution in [2.75, 3.05) is 31.0 Å². The Labute approximate surface area is 165 Å². The Kier molecular flexibility index (Phi) is 6.08. The minimum absolute atomic E-state index is 0.0812. The van der Waals surface area contributed by atoms with E-state index in [-0.39, 0.29) is 10.8 Å². The summed E-state index contributed by atoms with van der Waals surface area (Å²) in [6, 6.07) is 10.9. The molecule has 0 unspecified atom stereocenters. The van der Waals surface area contributed by atoms with E-state index in [1.165, 1.54) is 12.1 Å². The molecule has 1 aliphatic rings. The van der Waals surface area contributed by atoms with Gasteiger partial charge in [0.2, 0.25) is 0 Å². The number of carbonyl (C=O) groups excluding carboxylic acids is 1. The normalized spacial score (nSPS) is 13.5. The number of benzene rings is 2. The number of rotatable bonds is 6. The van der Waals surface area contributed by atoms with Crippen LogP contribution in [-0.2, 0) is 10.0 Å². The molecule has 150 valence electrons. The van der Waals surface area contributed by atoms with Gasteiger partial charge in [0.05, 0.1) is 18.1 Å². The highest BCUT2D eigenvalue weighted by Gasteiger charge is 2.19. The number of nitrogens with one attached hydrogen (secondary N) is 1. The second-order valence-corrected chi connectivity index (χ2v) is 8.00. The van der Waals surface area contributed by atoms with E-state index in [9.17, 15) is 13.2 Å². The van der Waals surface area contributed by atoms with E-state index in [1.54, 1.807) is 35.2 Å². The highest BCUT2D eigenvalue weighted by atomic mass is 32.2. The smallest absolute Gasteiger partial charge is 0.262 e. The molecule has 0 saturated heterocycles. The van der Waals surface area contributed by atoms with Crippen molar-refractivity contribution in [3.05, 3.63) is 48.0 Å². The summed E-state index contributed by atoms with van der Waals surface area (Å²) in [7, 11) is -3.80. The van der Waals surface area contributed by atoms with Crippen molar-refractivity contribution in [1.82, 2.24) is 4.90 Å². The molecule has 2 aromatic carbocycles. The van der Waals surface area contributed by atoms with Gasteiger partial charge in [-0.1, -0.05) is 0 Å². The van der Waals surface area contributed by atoms with Crippen LogP contribution in [0.15, 0.2) is 47.4 Å². The molecule has 0 aliphatic carbocycles. The molecule has 7 nitrogen and oxygen atoms in total. The monoisotopic (exact) mass is 404 g/mol. The fourth-order valence-electron chi connectivity index (χ4n) is 2.90. The van der Waals surface area contributed by atoms with Crippen LogP contribution in [0.25, 0.3) is 0 Å². The summed E-state index contributed by atoms with van der Waals surface area (Å²) in [6.45, 7) is 6.09. The average molecular weight is 404 g/mol. The lowest BCUT2D eigenvalue weighted by molar-refractivity contribution is 0.0773. The maximum Gasteiger partial charge on any atom is 0.262 e. The van der Waals surface area contributed by atoms with Gasteiger partial charge in [0.25, 0.3) is 15.9 Å². The van der Waals surface area contributed by atoms with Crippen LogP contribution in [0.1, 0.15) is 30.6 Å². The molecular formula is C20H24N2O5S. The highest BCUT2D eigenvalue weighted by molar-refractivity contribution is 7.92. The fourth-order valence-corrected chi connectivity index (χ4v) is 3.97. The Balaban J connectivity index is 1.77. The summed E-state index contributed by atoms with van der Waals surface area (Å²) in [6.07, 6.45) is 0.744. The number of amides is 1. The molecule has 0 aromatic heterocycles. The predicted molar refractivity (Wildman–Crippen MR) is 107 cm³/mol. The zero-order valence-corrected chi connectivity index (χ0v) is 16.8. The second kappa shape index (κ2) is 8.52. The predicted octanol–water partition coefficient (Wildman–Crippen LogP) is 3.13. The molecule has 1 N–H and O–H groups in total. The van der Waals surface area contributed by atoms with Crippen LogP contribution < -0.4 is 14.2 Å². The Morgan fingerprint density at radius 3 is 2.29 bits per heavy atom. The minimum atomic E-state index is -3.80. The summed E-state index contributed by atoms with van der Waals surface area (Å²) >= 11 is 0. The molecule has 3 rings (SSSR count). The van der Waals surface area contributed by atoms with Crippen molar-refractivity contribution >= 4 is 21.6 Å². The first-order valence-corrected chi connectivity index (χ1v) is 10.7. The number of anilines is 1. The van der Waals surface area contributed by atoms with Crippen molar-refractivity contribution in [1.29, 1.82) is 0 Å². The van der Waals surface area contributed by atoms with E-state index >= 15 is 0 Å². The largest absolute Gasteiger partial charge is 0.490 e. The maximum absolute atomic E-state index is 12.7. The second-order valence-electron chi connectivity index (χ2n) is 6.32. The molecule has 1 aliphatic heterocycles. The Hall–Kier alpha value is -2.74. The van der Waals surface area contributed by atoms with Gasteiger partial charge < -0.3 is 14.4 Å². The number of fused-ring (bicyclic) bond motifs is 1. The molecule has 28 heavy (non-hydrogen) atoms. The summed E-state index contributed by atoms with van der Waals surface area (Å²) in [5.41, 5.74) is 0.894. The van der Waals surface area contributed by atoms with E-state index < -0.39 is 10.0 Å². The number of hydrogen-bond donors (Lipinski definition) is 1. The first-order chi connectivity index (χ1) is 13.4. The third-order valence-corrected chi connectivity index (χ3v) is 5.84. The standard InChI is InChI=1S/C20H24N2O5S/c1-3-22(4-2)20(23)15-6-8-16(9-7-15)21-28(24,25)17-10-11-18-19(14-17)27-13-5-12-26-18/h6-11,14,21H,3-5,12-13H2,1-2H3. The minimum Gasteiger partial charge on any atom is -0.490 e. The van der Waals surface area contributed by atoms with Gasteiger partial charge in [0.15, 0.2) is 11.5 Å². The molecule has 0 bridgehead atoms. The summed E-state index contributed by atoms with van der Waals surface area (Å²) < 4.78 is 39.0. The van der Waals surface area contributed by atoms with Gasteiger partial charge in [-0.25, -0.2) is 8.42 Å². The van der Waals surface area contributed by atoms with Crippen molar-refractivity contribution in [2.45, 2.75) is 25.2 Å². The Morgan fingerprint density at radius 2 is 1.64 bits per heavy atom. The van der Waals surface area contributed by atoms with E-state index in [0.29, 0.717) is 49.1 Å². The van der Waals surface area contributed by atoms with Gasteiger partial charge in [0.1, 0.15) is 0 Å². The lowest BCUT2D eigenvalue weighted by Crippen LogP contribution is -2.30. The summed E-state index contributed by atoms with van der Waals surface area (Å²) in [5.74, 6) is 0.874. The van der Waals surface area contributed by atoms with Crippen molar-refractivity contribution in [3.63, 3.8) is 0 Å². The van der Waals surface area contributed by atoms with Crippen LogP contribution in [0.5, 0.6) is 11.5 Å². The maximum atomic E-state index is 12.7. The fraction of sp³-hybridized carbons (Fsp3) is 0.350. The van der Waals surface area contributed by atoms with Crippen LogP contribution in [0.3, 0.4) is 0 Å². The first-order valence-electron chi connectivity index (χ1n) is 9.26. The van der Waals surface area contributed by atoms with Gasteiger partial charge in [0, 0.05) is 36.8 Å². The highest BCUT2D eigenvalue weighted by Crippen LogP contribution is 2.32. The topological polar surface area (TPSA) is 84.9 Å². The molecule has 0 saturated carbocycles. The zero-order valence-electron chi connectivity index (χ0n) is 16.0.